The number of hydrogen-bond donors (Lipinski definition) is 2. The maximum absolute atomic E-state index is 10.9. The fraction of sp³-hybridized carbons (Fsp3) is 0.600. The zero-order valence-electron chi connectivity index (χ0n) is 8.68. The number of rotatable bonds is 2. The van der Waals surface area contributed by atoms with Gasteiger partial charge in [0, 0.05) is 24.9 Å². The SMILES string of the molecule is Cn1nccc1C1CCNC(C(=O)O)C1. The fourth-order valence-electron chi connectivity index (χ4n) is 2.16. The topological polar surface area (TPSA) is 67.2 Å². The molecule has 0 saturated carbocycles. The molecule has 2 unspecified atom stereocenters. The van der Waals surface area contributed by atoms with Crippen molar-refractivity contribution in [2.75, 3.05) is 6.54 Å². The number of aryl methyl sites for hydroxylation is 1. The molecule has 2 heterocycles. The van der Waals surface area contributed by atoms with Crippen LogP contribution in [-0.4, -0.2) is 33.4 Å². The van der Waals surface area contributed by atoms with Crippen molar-refractivity contribution in [2.45, 2.75) is 24.8 Å². The van der Waals surface area contributed by atoms with E-state index < -0.39 is 12.0 Å². The Kier molecular flexibility index (Phi) is 2.73. The van der Waals surface area contributed by atoms with Crippen LogP contribution in [0.15, 0.2) is 12.3 Å². The van der Waals surface area contributed by atoms with Gasteiger partial charge in [-0.25, -0.2) is 0 Å². The summed E-state index contributed by atoms with van der Waals surface area (Å²) in [6.07, 6.45) is 3.38. The van der Waals surface area contributed by atoms with Crippen molar-refractivity contribution in [3.05, 3.63) is 18.0 Å². The average Bonchev–Trinajstić information content (AvgIpc) is 2.64. The first kappa shape index (κ1) is 10.2. The van der Waals surface area contributed by atoms with E-state index in [4.69, 9.17) is 5.11 Å². The van der Waals surface area contributed by atoms with Crippen molar-refractivity contribution >= 4 is 5.97 Å². The molecule has 1 aliphatic heterocycles. The van der Waals surface area contributed by atoms with Gasteiger partial charge < -0.3 is 10.4 Å². The molecule has 2 rings (SSSR count). The second-order valence-corrected chi connectivity index (χ2v) is 3.95. The summed E-state index contributed by atoms with van der Waals surface area (Å²) in [5, 5.41) is 16.0. The molecule has 0 aliphatic carbocycles. The first-order chi connectivity index (χ1) is 7.18. The molecule has 15 heavy (non-hydrogen) atoms. The number of aromatic nitrogens is 2. The molecule has 0 aromatic carbocycles. The molecule has 1 aromatic heterocycles. The third kappa shape index (κ3) is 2.02. The van der Waals surface area contributed by atoms with Crippen LogP contribution in [0.4, 0.5) is 0 Å². The lowest BCUT2D eigenvalue weighted by atomic mass is 9.90. The molecule has 1 saturated heterocycles. The molecular formula is C10H15N3O2. The molecular weight excluding hydrogens is 194 g/mol. The van der Waals surface area contributed by atoms with Gasteiger partial charge in [-0.05, 0) is 25.5 Å². The number of carbonyl (C=O) groups is 1. The second-order valence-electron chi connectivity index (χ2n) is 3.95. The van der Waals surface area contributed by atoms with E-state index in [0.717, 1.165) is 18.7 Å². The highest BCUT2D eigenvalue weighted by Gasteiger charge is 2.28. The molecule has 5 nitrogen and oxygen atoms in total. The average molecular weight is 209 g/mol. The van der Waals surface area contributed by atoms with E-state index in [9.17, 15) is 4.79 Å². The van der Waals surface area contributed by atoms with Gasteiger partial charge in [-0.2, -0.15) is 5.10 Å². The van der Waals surface area contributed by atoms with E-state index in [1.807, 2.05) is 17.8 Å². The molecule has 0 amide bonds. The summed E-state index contributed by atoms with van der Waals surface area (Å²) in [7, 11) is 1.90. The largest absolute Gasteiger partial charge is 0.480 e. The third-order valence-corrected chi connectivity index (χ3v) is 2.98. The van der Waals surface area contributed by atoms with E-state index >= 15 is 0 Å². The number of carboxylic acids is 1. The molecule has 2 atom stereocenters. The number of aliphatic carboxylic acids is 1. The lowest BCUT2D eigenvalue weighted by Crippen LogP contribution is -2.43. The number of hydrogen-bond acceptors (Lipinski definition) is 3. The summed E-state index contributed by atoms with van der Waals surface area (Å²) in [4.78, 5) is 10.9. The minimum atomic E-state index is -0.762. The second kappa shape index (κ2) is 4.02. The van der Waals surface area contributed by atoms with Crippen molar-refractivity contribution in [3.63, 3.8) is 0 Å². The highest BCUT2D eigenvalue weighted by atomic mass is 16.4. The number of nitrogens with zero attached hydrogens (tertiary/aromatic N) is 2. The number of carboxylic acid groups (broad SMARTS) is 1. The molecule has 0 radical (unpaired) electrons. The van der Waals surface area contributed by atoms with Crippen molar-refractivity contribution < 1.29 is 9.90 Å². The molecule has 0 bridgehead atoms. The summed E-state index contributed by atoms with van der Waals surface area (Å²) in [6.45, 7) is 0.757. The van der Waals surface area contributed by atoms with Crippen molar-refractivity contribution in [2.24, 2.45) is 7.05 Å². The normalized spacial score (nSPS) is 26.5. The third-order valence-electron chi connectivity index (χ3n) is 2.98. The summed E-state index contributed by atoms with van der Waals surface area (Å²) in [5.41, 5.74) is 1.13. The van der Waals surface area contributed by atoms with Crippen molar-refractivity contribution in [1.82, 2.24) is 15.1 Å². The van der Waals surface area contributed by atoms with Gasteiger partial charge in [-0.3, -0.25) is 9.48 Å². The highest BCUT2D eigenvalue weighted by molar-refractivity contribution is 5.73. The Hall–Kier alpha value is -1.36. The zero-order chi connectivity index (χ0) is 10.8. The Morgan fingerprint density at radius 3 is 3.13 bits per heavy atom. The molecule has 0 spiro atoms. The Morgan fingerprint density at radius 2 is 2.53 bits per heavy atom. The predicted molar refractivity (Wildman–Crippen MR) is 54.6 cm³/mol. The Labute approximate surface area is 88.1 Å². The van der Waals surface area contributed by atoms with E-state index in [1.165, 1.54) is 0 Å². The van der Waals surface area contributed by atoms with Gasteiger partial charge in [0.15, 0.2) is 0 Å². The maximum atomic E-state index is 10.9. The smallest absolute Gasteiger partial charge is 0.320 e. The van der Waals surface area contributed by atoms with Crippen LogP contribution in [0.5, 0.6) is 0 Å². The van der Waals surface area contributed by atoms with Crippen LogP contribution in [0, 0.1) is 0 Å². The van der Waals surface area contributed by atoms with Crippen LogP contribution < -0.4 is 5.32 Å². The quantitative estimate of drug-likeness (QED) is 0.737. The van der Waals surface area contributed by atoms with Gasteiger partial charge in [-0.15, -0.1) is 0 Å². The van der Waals surface area contributed by atoms with E-state index in [0.29, 0.717) is 12.3 Å². The number of nitrogens with one attached hydrogen (secondary N) is 1. The fourth-order valence-corrected chi connectivity index (χ4v) is 2.16. The molecule has 82 valence electrons. The van der Waals surface area contributed by atoms with Gasteiger partial charge in [-0.1, -0.05) is 0 Å². The van der Waals surface area contributed by atoms with Gasteiger partial charge in [0.05, 0.1) is 0 Å². The Balaban J connectivity index is 2.11. The van der Waals surface area contributed by atoms with Crippen LogP contribution in [-0.2, 0) is 11.8 Å². The predicted octanol–water partition coefficient (Wildman–Crippen LogP) is 0.340. The summed E-state index contributed by atoms with van der Waals surface area (Å²) in [5.74, 6) is -0.457. The maximum Gasteiger partial charge on any atom is 0.320 e. The van der Waals surface area contributed by atoms with Crippen LogP contribution >= 0.6 is 0 Å². The van der Waals surface area contributed by atoms with Crippen LogP contribution in [0.1, 0.15) is 24.5 Å². The first-order valence-corrected chi connectivity index (χ1v) is 5.12. The zero-order valence-corrected chi connectivity index (χ0v) is 8.68. The molecule has 1 fully saturated rings. The van der Waals surface area contributed by atoms with Crippen molar-refractivity contribution in [1.29, 1.82) is 0 Å². The van der Waals surface area contributed by atoms with E-state index in [1.54, 1.807) is 6.20 Å². The minimum absolute atomic E-state index is 0.305. The van der Waals surface area contributed by atoms with Crippen molar-refractivity contribution in [3.8, 4) is 0 Å². The van der Waals surface area contributed by atoms with E-state index in [-0.39, 0.29) is 0 Å². The van der Waals surface area contributed by atoms with Gasteiger partial charge in [0.1, 0.15) is 6.04 Å². The van der Waals surface area contributed by atoms with Crippen LogP contribution in [0.25, 0.3) is 0 Å². The lowest BCUT2D eigenvalue weighted by Gasteiger charge is -2.27. The van der Waals surface area contributed by atoms with Crippen LogP contribution in [0.2, 0.25) is 0 Å². The highest BCUT2D eigenvalue weighted by Crippen LogP contribution is 2.26. The molecule has 1 aromatic rings. The van der Waals surface area contributed by atoms with Crippen LogP contribution in [0.3, 0.4) is 0 Å². The molecule has 5 heteroatoms. The lowest BCUT2D eigenvalue weighted by molar-refractivity contribution is -0.140. The van der Waals surface area contributed by atoms with Gasteiger partial charge >= 0.3 is 5.97 Å². The first-order valence-electron chi connectivity index (χ1n) is 5.12. The summed E-state index contributed by atoms with van der Waals surface area (Å²) in [6, 6.07) is 1.55. The molecule has 2 N–H and O–H groups in total. The van der Waals surface area contributed by atoms with Gasteiger partial charge in [0.25, 0.3) is 0 Å². The summed E-state index contributed by atoms with van der Waals surface area (Å²) < 4.78 is 1.83. The number of piperidine rings is 1. The summed E-state index contributed by atoms with van der Waals surface area (Å²) >= 11 is 0. The van der Waals surface area contributed by atoms with Gasteiger partial charge in [0.2, 0.25) is 0 Å². The minimum Gasteiger partial charge on any atom is -0.480 e. The molecule has 1 aliphatic rings. The monoisotopic (exact) mass is 209 g/mol. The Bertz CT molecular complexity index is 361. The van der Waals surface area contributed by atoms with E-state index in [2.05, 4.69) is 10.4 Å². The Morgan fingerprint density at radius 1 is 1.73 bits per heavy atom. The standard InChI is InChI=1S/C10H15N3O2/c1-13-9(3-5-12-13)7-2-4-11-8(6-7)10(14)15/h3,5,7-8,11H,2,4,6H2,1H3,(H,14,15).